The third kappa shape index (κ3) is 32.6. The average molecular weight is 400 g/mol. The molecular formula is C24H49NO3. The van der Waals surface area contributed by atoms with E-state index in [1.807, 2.05) is 0 Å². The first kappa shape index (κ1) is 29.1. The number of rotatable bonds is 20. The van der Waals surface area contributed by atoms with Crippen molar-refractivity contribution in [1.82, 2.24) is 0 Å². The molecule has 3 N–H and O–H groups in total. The lowest BCUT2D eigenvalue weighted by Gasteiger charge is -2.00. The Morgan fingerprint density at radius 1 is 0.536 bits per heavy atom. The summed E-state index contributed by atoms with van der Waals surface area (Å²) in [6, 6.07) is 0. The summed E-state index contributed by atoms with van der Waals surface area (Å²) >= 11 is 0. The van der Waals surface area contributed by atoms with E-state index < -0.39 is 5.97 Å². The molecule has 0 aliphatic heterocycles. The summed E-state index contributed by atoms with van der Waals surface area (Å²) in [6.45, 7) is 4.47. The zero-order valence-corrected chi connectivity index (χ0v) is 19.0. The van der Waals surface area contributed by atoms with Gasteiger partial charge in [-0.3, -0.25) is 9.59 Å². The molecule has 4 nitrogen and oxygen atoms in total. The summed E-state index contributed by atoms with van der Waals surface area (Å²) < 4.78 is 0. The summed E-state index contributed by atoms with van der Waals surface area (Å²) in [7, 11) is 0. The van der Waals surface area contributed by atoms with Crippen molar-refractivity contribution in [3.8, 4) is 0 Å². The molecular weight excluding hydrogens is 350 g/mol. The predicted molar refractivity (Wildman–Crippen MR) is 121 cm³/mol. The predicted octanol–water partition coefficient (Wildman–Crippen LogP) is 7.38. The maximum atomic E-state index is 10.4. The van der Waals surface area contributed by atoms with Gasteiger partial charge in [-0.2, -0.15) is 0 Å². The molecule has 0 bridgehead atoms. The molecule has 0 aliphatic carbocycles. The van der Waals surface area contributed by atoms with Crippen molar-refractivity contribution in [1.29, 1.82) is 0 Å². The lowest BCUT2D eigenvalue weighted by molar-refractivity contribution is -0.137. The molecule has 1 amide bonds. The third-order valence-electron chi connectivity index (χ3n) is 5.02. The smallest absolute Gasteiger partial charge is 0.303 e. The maximum absolute atomic E-state index is 10.4. The van der Waals surface area contributed by atoms with Gasteiger partial charge in [0.15, 0.2) is 0 Å². The van der Waals surface area contributed by atoms with Gasteiger partial charge in [-0.25, -0.2) is 0 Å². The van der Waals surface area contributed by atoms with E-state index in [0.717, 1.165) is 25.7 Å². The fourth-order valence-corrected chi connectivity index (χ4v) is 3.20. The molecule has 0 unspecified atom stereocenters. The van der Waals surface area contributed by atoms with Crippen LogP contribution in [0.5, 0.6) is 0 Å². The number of nitrogens with two attached hydrogens (primary N) is 1. The fourth-order valence-electron chi connectivity index (χ4n) is 3.20. The van der Waals surface area contributed by atoms with Gasteiger partial charge in [0, 0.05) is 12.8 Å². The molecule has 0 saturated carbocycles. The molecule has 0 aromatic carbocycles. The van der Waals surface area contributed by atoms with Crippen LogP contribution in [0.1, 0.15) is 142 Å². The maximum Gasteiger partial charge on any atom is 0.303 e. The van der Waals surface area contributed by atoms with Gasteiger partial charge < -0.3 is 10.8 Å². The van der Waals surface area contributed by atoms with Crippen LogP contribution in [0.25, 0.3) is 0 Å². The summed E-state index contributed by atoms with van der Waals surface area (Å²) in [5, 5.41) is 8.41. The second-order valence-corrected chi connectivity index (χ2v) is 8.02. The number of aliphatic carboxylic acids is 1. The number of hydrogen-bond donors (Lipinski definition) is 2. The van der Waals surface area contributed by atoms with Crippen molar-refractivity contribution < 1.29 is 14.7 Å². The minimum absolute atomic E-state index is 0.159. The summed E-state index contributed by atoms with van der Waals surface area (Å²) in [5.74, 6) is -0.819. The topological polar surface area (TPSA) is 80.4 Å². The van der Waals surface area contributed by atoms with Gasteiger partial charge in [0.1, 0.15) is 0 Å². The zero-order chi connectivity index (χ0) is 21.3. The van der Waals surface area contributed by atoms with Crippen molar-refractivity contribution in [2.45, 2.75) is 142 Å². The molecule has 0 aromatic rings. The van der Waals surface area contributed by atoms with Gasteiger partial charge in [-0.15, -0.1) is 0 Å². The molecule has 168 valence electrons. The number of carboxylic acid groups (broad SMARTS) is 1. The quantitative estimate of drug-likeness (QED) is 0.209. The minimum atomic E-state index is -0.659. The number of primary amides is 1. The Morgan fingerprint density at radius 2 is 0.821 bits per heavy atom. The van der Waals surface area contributed by atoms with E-state index in [1.165, 1.54) is 89.9 Å². The summed E-state index contributed by atoms with van der Waals surface area (Å²) in [5.41, 5.74) is 5.05. The number of carbonyl (C=O) groups is 2. The van der Waals surface area contributed by atoms with E-state index in [9.17, 15) is 9.59 Å². The first-order chi connectivity index (χ1) is 13.5. The van der Waals surface area contributed by atoms with Crippen LogP contribution < -0.4 is 5.73 Å². The summed E-state index contributed by atoms with van der Waals surface area (Å²) in [6.07, 6.45) is 23.6. The van der Waals surface area contributed by atoms with Gasteiger partial charge in [0.2, 0.25) is 5.91 Å². The molecule has 0 spiro atoms. The molecule has 0 rings (SSSR count). The molecule has 0 radical (unpaired) electrons. The lowest BCUT2D eigenvalue weighted by Crippen LogP contribution is -2.09. The van der Waals surface area contributed by atoms with Gasteiger partial charge in [-0.05, 0) is 12.8 Å². The number of carboxylic acids is 1. The van der Waals surface area contributed by atoms with E-state index in [-0.39, 0.29) is 5.91 Å². The van der Waals surface area contributed by atoms with E-state index in [1.54, 1.807) is 0 Å². The van der Waals surface area contributed by atoms with Crippen LogP contribution in [0.2, 0.25) is 0 Å². The van der Waals surface area contributed by atoms with Crippen LogP contribution >= 0.6 is 0 Å². The van der Waals surface area contributed by atoms with Crippen LogP contribution in [0.15, 0.2) is 0 Å². The van der Waals surface area contributed by atoms with Gasteiger partial charge in [-0.1, -0.05) is 117 Å². The zero-order valence-electron chi connectivity index (χ0n) is 19.0. The Bertz CT molecular complexity index is 300. The van der Waals surface area contributed by atoms with E-state index >= 15 is 0 Å². The number of unbranched alkanes of at least 4 members (excludes halogenated alkanes) is 16. The Kier molecular flexibility index (Phi) is 27.0. The molecule has 0 aromatic heterocycles. The minimum Gasteiger partial charge on any atom is -0.481 e. The average Bonchev–Trinajstić information content (AvgIpc) is 2.65. The third-order valence-corrected chi connectivity index (χ3v) is 5.02. The highest BCUT2D eigenvalue weighted by molar-refractivity contribution is 5.73. The Balaban J connectivity index is 0. The molecule has 0 saturated heterocycles. The molecule has 0 atom stereocenters. The molecule has 28 heavy (non-hydrogen) atoms. The van der Waals surface area contributed by atoms with E-state index in [4.69, 9.17) is 10.8 Å². The standard InChI is InChI=1S/C12H25NO.C12H24O2/c2*1-2-3-4-5-6-7-8-9-10-11-12(13)14/h2-11H2,1H3,(H2,13,14);2-11H2,1H3,(H,13,14). The Hall–Kier alpha value is -1.06. The Morgan fingerprint density at radius 3 is 1.11 bits per heavy atom. The highest BCUT2D eigenvalue weighted by atomic mass is 16.4. The van der Waals surface area contributed by atoms with Gasteiger partial charge >= 0.3 is 5.97 Å². The van der Waals surface area contributed by atoms with Crippen molar-refractivity contribution in [2.24, 2.45) is 5.73 Å². The van der Waals surface area contributed by atoms with Crippen LogP contribution in [0.3, 0.4) is 0 Å². The van der Waals surface area contributed by atoms with Crippen LogP contribution in [0, 0.1) is 0 Å². The normalized spacial score (nSPS) is 10.4. The largest absolute Gasteiger partial charge is 0.481 e. The van der Waals surface area contributed by atoms with Gasteiger partial charge in [0.05, 0.1) is 0 Å². The number of hydrogen-bond acceptors (Lipinski definition) is 2. The fraction of sp³-hybridized carbons (Fsp3) is 0.917. The van der Waals surface area contributed by atoms with E-state index in [0.29, 0.717) is 12.8 Å². The highest BCUT2D eigenvalue weighted by Gasteiger charge is 1.96. The van der Waals surface area contributed by atoms with Crippen LogP contribution in [-0.2, 0) is 9.59 Å². The van der Waals surface area contributed by atoms with Crippen molar-refractivity contribution in [3.63, 3.8) is 0 Å². The van der Waals surface area contributed by atoms with Crippen LogP contribution in [0.4, 0.5) is 0 Å². The molecule has 0 aliphatic rings. The molecule has 0 fully saturated rings. The molecule has 4 heteroatoms. The van der Waals surface area contributed by atoms with Gasteiger partial charge in [0.25, 0.3) is 0 Å². The monoisotopic (exact) mass is 399 g/mol. The Labute approximate surface area is 175 Å². The van der Waals surface area contributed by atoms with E-state index in [2.05, 4.69) is 13.8 Å². The van der Waals surface area contributed by atoms with Crippen LogP contribution in [-0.4, -0.2) is 17.0 Å². The first-order valence-electron chi connectivity index (χ1n) is 12.0. The van der Waals surface area contributed by atoms with Crippen molar-refractivity contribution in [3.05, 3.63) is 0 Å². The molecule has 0 heterocycles. The number of amides is 1. The van der Waals surface area contributed by atoms with Crippen molar-refractivity contribution in [2.75, 3.05) is 0 Å². The SMILES string of the molecule is CCCCCCCCCCCC(=O)O.CCCCCCCCCCCC(N)=O. The first-order valence-corrected chi connectivity index (χ1v) is 12.0. The second-order valence-electron chi connectivity index (χ2n) is 8.02. The number of carbonyl (C=O) groups excluding carboxylic acids is 1. The van der Waals surface area contributed by atoms with Crippen molar-refractivity contribution >= 4 is 11.9 Å². The second kappa shape index (κ2) is 25.9. The highest BCUT2D eigenvalue weighted by Crippen LogP contribution is 2.11. The lowest BCUT2D eigenvalue weighted by atomic mass is 10.1. The summed E-state index contributed by atoms with van der Waals surface area (Å²) in [4.78, 5) is 20.6.